The molecule has 1 aromatic rings. The van der Waals surface area contributed by atoms with Crippen molar-refractivity contribution in [3.8, 4) is 0 Å². The zero-order valence-corrected chi connectivity index (χ0v) is 11.9. The summed E-state index contributed by atoms with van der Waals surface area (Å²) in [5.74, 6) is 0. The number of anilines is 1. The number of fused-ring (bicyclic) bond motifs is 2. The van der Waals surface area contributed by atoms with Crippen LogP contribution in [0.4, 0.5) is 5.69 Å². The fourth-order valence-corrected chi connectivity index (χ4v) is 3.10. The molecule has 2 nitrogen and oxygen atoms in total. The molecule has 1 atom stereocenters. The molecule has 20 heavy (non-hydrogen) atoms. The number of benzene rings is 1. The lowest BCUT2D eigenvalue weighted by Crippen LogP contribution is -2.28. The molecule has 1 saturated heterocycles. The molecule has 4 rings (SSSR count). The fourth-order valence-electron chi connectivity index (χ4n) is 2.92. The standard InChI is InChI=1S/C17H16ClNO/c18-14-8-7-13-6-5-12-3-1-2-4-16(12)19(17(13)9-14)10-15-11-20-15/h1-4,6,8-9,15H,5,7,10-11H2. The maximum atomic E-state index is 6.23. The van der Waals surface area contributed by atoms with E-state index in [1.807, 2.05) is 0 Å². The first kappa shape index (κ1) is 12.2. The quantitative estimate of drug-likeness (QED) is 0.769. The van der Waals surface area contributed by atoms with E-state index in [4.69, 9.17) is 16.3 Å². The SMILES string of the molecule is ClC1=CCC2=CCc3ccccc3N(CC3CO3)C2=C1. The molecule has 2 aliphatic heterocycles. The van der Waals surface area contributed by atoms with Gasteiger partial charge in [0.1, 0.15) is 0 Å². The highest BCUT2D eigenvalue weighted by atomic mass is 35.5. The summed E-state index contributed by atoms with van der Waals surface area (Å²) < 4.78 is 5.44. The minimum absolute atomic E-state index is 0.355. The van der Waals surface area contributed by atoms with E-state index in [0.29, 0.717) is 6.10 Å². The maximum Gasteiger partial charge on any atom is 0.0988 e. The Balaban J connectivity index is 1.82. The highest BCUT2D eigenvalue weighted by Crippen LogP contribution is 2.37. The normalized spacial score (nSPS) is 23.9. The van der Waals surface area contributed by atoms with E-state index < -0.39 is 0 Å². The van der Waals surface area contributed by atoms with Gasteiger partial charge < -0.3 is 9.64 Å². The number of halogens is 1. The van der Waals surface area contributed by atoms with Crippen LogP contribution in [0.25, 0.3) is 0 Å². The van der Waals surface area contributed by atoms with Crippen LogP contribution in [0.5, 0.6) is 0 Å². The lowest BCUT2D eigenvalue weighted by atomic mass is 10.0. The molecular weight excluding hydrogens is 270 g/mol. The molecule has 0 bridgehead atoms. The number of epoxide rings is 1. The summed E-state index contributed by atoms with van der Waals surface area (Å²) in [5, 5.41) is 0.832. The van der Waals surface area contributed by atoms with Crippen LogP contribution in [0.15, 0.2) is 58.8 Å². The van der Waals surface area contributed by atoms with Crippen LogP contribution in [0.2, 0.25) is 0 Å². The van der Waals surface area contributed by atoms with Crippen LogP contribution in [-0.2, 0) is 11.2 Å². The molecule has 1 aliphatic carbocycles. The number of hydrogen-bond donors (Lipinski definition) is 0. The van der Waals surface area contributed by atoms with Crippen molar-refractivity contribution in [2.24, 2.45) is 0 Å². The molecule has 0 spiro atoms. The number of nitrogens with zero attached hydrogens (tertiary/aromatic N) is 1. The van der Waals surface area contributed by atoms with Gasteiger partial charge in [-0.2, -0.15) is 0 Å². The summed E-state index contributed by atoms with van der Waals surface area (Å²) in [6.45, 7) is 1.78. The topological polar surface area (TPSA) is 15.8 Å². The average Bonchev–Trinajstić information content (AvgIpc) is 3.28. The Morgan fingerprint density at radius 1 is 1.20 bits per heavy atom. The van der Waals surface area contributed by atoms with E-state index >= 15 is 0 Å². The predicted molar refractivity (Wildman–Crippen MR) is 82.0 cm³/mol. The van der Waals surface area contributed by atoms with Crippen LogP contribution in [0, 0.1) is 0 Å². The van der Waals surface area contributed by atoms with Crippen molar-refractivity contribution in [3.05, 3.63) is 64.4 Å². The summed E-state index contributed by atoms with van der Waals surface area (Å²) in [5.41, 5.74) is 5.25. The molecule has 102 valence electrons. The van der Waals surface area contributed by atoms with Crippen molar-refractivity contribution in [2.45, 2.75) is 18.9 Å². The first-order valence-electron chi connectivity index (χ1n) is 7.05. The van der Waals surface area contributed by atoms with Gasteiger partial charge in [-0.3, -0.25) is 0 Å². The predicted octanol–water partition coefficient (Wildman–Crippen LogP) is 3.78. The molecule has 0 aromatic heterocycles. The van der Waals surface area contributed by atoms with Gasteiger partial charge in [-0.25, -0.2) is 0 Å². The highest BCUT2D eigenvalue weighted by molar-refractivity contribution is 6.31. The Kier molecular flexibility index (Phi) is 2.94. The van der Waals surface area contributed by atoms with Gasteiger partial charge >= 0.3 is 0 Å². The Bertz CT molecular complexity index is 640. The maximum absolute atomic E-state index is 6.23. The second kappa shape index (κ2) is 4.80. The molecule has 0 N–H and O–H groups in total. The van der Waals surface area contributed by atoms with E-state index in [1.165, 1.54) is 22.5 Å². The summed E-state index contributed by atoms with van der Waals surface area (Å²) in [7, 11) is 0. The van der Waals surface area contributed by atoms with Gasteiger partial charge in [0.15, 0.2) is 0 Å². The smallest absolute Gasteiger partial charge is 0.0988 e. The first-order chi connectivity index (χ1) is 9.81. The van der Waals surface area contributed by atoms with Crippen LogP contribution in [0.3, 0.4) is 0 Å². The summed E-state index contributed by atoms with van der Waals surface area (Å²) in [4.78, 5) is 2.38. The number of rotatable bonds is 2. The van der Waals surface area contributed by atoms with Crippen molar-refractivity contribution in [2.75, 3.05) is 18.1 Å². The van der Waals surface area contributed by atoms with Gasteiger partial charge in [0, 0.05) is 16.4 Å². The second-order valence-corrected chi connectivity index (χ2v) is 5.89. The van der Waals surface area contributed by atoms with E-state index in [-0.39, 0.29) is 0 Å². The molecule has 0 saturated carbocycles. The van der Waals surface area contributed by atoms with Gasteiger partial charge in [0.25, 0.3) is 0 Å². The van der Waals surface area contributed by atoms with Crippen LogP contribution in [0.1, 0.15) is 12.0 Å². The van der Waals surface area contributed by atoms with Gasteiger partial charge in [-0.15, -0.1) is 0 Å². The first-order valence-corrected chi connectivity index (χ1v) is 7.43. The van der Waals surface area contributed by atoms with Crippen molar-refractivity contribution in [1.82, 2.24) is 0 Å². The van der Waals surface area contributed by atoms with Crippen molar-refractivity contribution in [3.63, 3.8) is 0 Å². The van der Waals surface area contributed by atoms with E-state index in [1.54, 1.807) is 0 Å². The van der Waals surface area contributed by atoms with Gasteiger partial charge in [0.2, 0.25) is 0 Å². The van der Waals surface area contributed by atoms with Crippen LogP contribution in [-0.4, -0.2) is 19.3 Å². The lowest BCUT2D eigenvalue weighted by molar-refractivity contribution is 0.410. The molecule has 3 aliphatic rings. The third-order valence-corrected chi connectivity index (χ3v) is 4.31. The van der Waals surface area contributed by atoms with E-state index in [9.17, 15) is 0 Å². The van der Waals surface area contributed by atoms with E-state index in [2.05, 4.69) is 47.4 Å². The van der Waals surface area contributed by atoms with Gasteiger partial charge in [0.05, 0.1) is 19.3 Å². The number of ether oxygens (including phenoxy) is 1. The summed E-state index contributed by atoms with van der Waals surface area (Å²) in [6.07, 6.45) is 8.75. The second-order valence-electron chi connectivity index (χ2n) is 5.45. The zero-order chi connectivity index (χ0) is 13.5. The molecule has 0 amide bonds. The van der Waals surface area contributed by atoms with Crippen molar-refractivity contribution in [1.29, 1.82) is 0 Å². The molecular formula is C17H16ClNO. The third kappa shape index (κ3) is 2.19. The number of para-hydroxylation sites is 1. The molecule has 1 unspecified atom stereocenters. The van der Waals surface area contributed by atoms with Crippen molar-refractivity contribution >= 4 is 17.3 Å². The molecule has 1 fully saturated rings. The number of allylic oxidation sites excluding steroid dienone is 5. The molecule has 2 heterocycles. The molecule has 3 heteroatoms. The zero-order valence-electron chi connectivity index (χ0n) is 11.2. The summed E-state index contributed by atoms with van der Waals surface area (Å²) in [6, 6.07) is 8.62. The summed E-state index contributed by atoms with van der Waals surface area (Å²) >= 11 is 6.23. The average molecular weight is 286 g/mol. The lowest BCUT2D eigenvalue weighted by Gasteiger charge is -2.29. The Morgan fingerprint density at radius 3 is 2.90 bits per heavy atom. The highest BCUT2D eigenvalue weighted by Gasteiger charge is 2.30. The van der Waals surface area contributed by atoms with Gasteiger partial charge in [-0.05, 0) is 36.1 Å². The number of hydrogen-bond acceptors (Lipinski definition) is 2. The Labute approximate surface area is 124 Å². The fraction of sp³-hybridized carbons (Fsp3) is 0.294. The minimum atomic E-state index is 0.355. The van der Waals surface area contributed by atoms with Crippen LogP contribution >= 0.6 is 11.6 Å². The van der Waals surface area contributed by atoms with Gasteiger partial charge in [-0.1, -0.05) is 42.0 Å². The largest absolute Gasteiger partial charge is 0.371 e. The Morgan fingerprint density at radius 2 is 2.05 bits per heavy atom. The molecule has 0 radical (unpaired) electrons. The third-order valence-electron chi connectivity index (χ3n) is 4.05. The minimum Gasteiger partial charge on any atom is -0.371 e. The monoisotopic (exact) mass is 285 g/mol. The van der Waals surface area contributed by atoms with Crippen molar-refractivity contribution < 1.29 is 4.74 Å². The molecule has 1 aromatic carbocycles. The van der Waals surface area contributed by atoms with E-state index in [0.717, 1.165) is 31.0 Å². The van der Waals surface area contributed by atoms with Crippen LogP contribution < -0.4 is 4.90 Å². The Hall–Kier alpha value is -1.51.